The monoisotopic (exact) mass is 338 g/mol. The van der Waals surface area contributed by atoms with E-state index < -0.39 is 46.2 Å². The third-order valence-electron chi connectivity index (χ3n) is 6.52. The maximum Gasteiger partial charge on any atom is 0.367 e. The number of carbonyl (C=O) groups excluding carboxylic acids is 3. The number of hydrogen-bond acceptors (Lipinski definition) is 8. The van der Waals surface area contributed by atoms with Gasteiger partial charge in [0.2, 0.25) is 5.60 Å². The van der Waals surface area contributed by atoms with Gasteiger partial charge in [0.15, 0.2) is 5.78 Å². The summed E-state index contributed by atoms with van der Waals surface area (Å²) in [7, 11) is 1.10. The molecule has 130 valence electrons. The molecule has 0 radical (unpaired) electrons. The Bertz CT molecular complexity index is 728. The lowest BCUT2D eigenvalue weighted by molar-refractivity contribution is -0.253. The Kier molecular flexibility index (Phi) is 2.67. The summed E-state index contributed by atoms with van der Waals surface area (Å²) in [6.07, 6.45) is 0.0571. The van der Waals surface area contributed by atoms with Gasteiger partial charge in [0.1, 0.15) is 12.7 Å². The van der Waals surface area contributed by atoms with E-state index in [1.54, 1.807) is 13.8 Å². The standard InChI is InChI=1S/C16H18O8/c1-7-8(17)4-9-13(2)6-23-11(18)15(13,20)10-5-14(7,9)16(21,24-10)12(19)22-3/h4,7,10,20-21H,5-6H2,1-3H3/t7-,10?,13-,14+,15+,16?/m0/s1. The SMILES string of the molecule is COC(=O)C1(O)OC2C[C@@]13C(=CC(=O)[C@@H]3C)[C@]1(C)COC(=O)[C@]21O. The van der Waals surface area contributed by atoms with Gasteiger partial charge >= 0.3 is 11.9 Å². The molecular formula is C16H18O8. The second-order valence-corrected chi connectivity index (χ2v) is 7.27. The fraction of sp³-hybridized carbons (Fsp3) is 0.688. The number of ketones is 1. The van der Waals surface area contributed by atoms with E-state index in [0.717, 1.165) is 7.11 Å². The average molecular weight is 338 g/mol. The van der Waals surface area contributed by atoms with Crippen molar-refractivity contribution in [1.29, 1.82) is 0 Å². The molecule has 8 nitrogen and oxygen atoms in total. The van der Waals surface area contributed by atoms with E-state index in [-0.39, 0.29) is 18.8 Å². The molecular weight excluding hydrogens is 320 g/mol. The van der Waals surface area contributed by atoms with Crippen LogP contribution in [0.15, 0.2) is 11.6 Å². The second kappa shape index (κ2) is 4.07. The maximum absolute atomic E-state index is 12.4. The molecule has 2 N–H and O–H groups in total. The molecule has 2 unspecified atom stereocenters. The molecule has 0 aromatic rings. The van der Waals surface area contributed by atoms with Crippen molar-refractivity contribution < 1.29 is 38.8 Å². The summed E-state index contributed by atoms with van der Waals surface area (Å²) in [5, 5.41) is 22.2. The van der Waals surface area contributed by atoms with E-state index in [0.29, 0.717) is 5.57 Å². The molecule has 2 bridgehead atoms. The minimum atomic E-state index is -2.45. The van der Waals surface area contributed by atoms with Gasteiger partial charge in [0.25, 0.3) is 5.79 Å². The zero-order valence-electron chi connectivity index (χ0n) is 13.5. The zero-order valence-corrected chi connectivity index (χ0v) is 13.5. The average Bonchev–Trinajstić information content (AvgIpc) is 3.09. The Morgan fingerprint density at radius 1 is 1.38 bits per heavy atom. The fourth-order valence-electron chi connectivity index (χ4n) is 5.10. The summed E-state index contributed by atoms with van der Waals surface area (Å²) < 4.78 is 15.3. The maximum atomic E-state index is 12.4. The summed E-state index contributed by atoms with van der Waals surface area (Å²) in [5.41, 5.74) is -4.43. The van der Waals surface area contributed by atoms with Gasteiger partial charge in [-0.1, -0.05) is 6.92 Å². The van der Waals surface area contributed by atoms with Gasteiger partial charge < -0.3 is 24.4 Å². The molecule has 0 aromatic carbocycles. The van der Waals surface area contributed by atoms with Crippen molar-refractivity contribution in [1.82, 2.24) is 0 Å². The largest absolute Gasteiger partial charge is 0.465 e. The van der Waals surface area contributed by atoms with Crippen LogP contribution >= 0.6 is 0 Å². The van der Waals surface area contributed by atoms with Crippen molar-refractivity contribution >= 4 is 17.7 Å². The number of esters is 2. The van der Waals surface area contributed by atoms with Crippen LogP contribution in [0.1, 0.15) is 20.3 Å². The number of methoxy groups -OCH3 is 1. The minimum Gasteiger partial charge on any atom is -0.465 e. The Morgan fingerprint density at radius 3 is 2.67 bits per heavy atom. The number of aliphatic hydroxyl groups is 2. The van der Waals surface area contributed by atoms with Crippen molar-refractivity contribution in [3.63, 3.8) is 0 Å². The number of carbonyl (C=O) groups is 3. The normalized spacial score (nSPS) is 51.8. The summed E-state index contributed by atoms with van der Waals surface area (Å²) in [6, 6.07) is 0. The topological polar surface area (TPSA) is 119 Å². The number of rotatable bonds is 1. The first kappa shape index (κ1) is 15.7. The molecule has 2 aliphatic carbocycles. The minimum absolute atomic E-state index is 0.0570. The third kappa shape index (κ3) is 1.22. The Hall–Kier alpha value is -1.77. The van der Waals surface area contributed by atoms with Crippen LogP contribution < -0.4 is 0 Å². The van der Waals surface area contributed by atoms with E-state index in [1.165, 1.54) is 6.08 Å². The van der Waals surface area contributed by atoms with Crippen LogP contribution in [-0.2, 0) is 28.6 Å². The van der Waals surface area contributed by atoms with Gasteiger partial charge in [-0.05, 0) is 25.0 Å². The van der Waals surface area contributed by atoms with Crippen LogP contribution in [0, 0.1) is 16.7 Å². The van der Waals surface area contributed by atoms with Crippen molar-refractivity contribution in [2.45, 2.75) is 37.8 Å². The smallest absolute Gasteiger partial charge is 0.367 e. The van der Waals surface area contributed by atoms with Gasteiger partial charge in [-0.2, -0.15) is 0 Å². The molecule has 4 aliphatic rings. The van der Waals surface area contributed by atoms with Crippen LogP contribution in [0.3, 0.4) is 0 Å². The predicted octanol–water partition coefficient (Wildman–Crippen LogP) is -0.924. The lowest BCUT2D eigenvalue weighted by atomic mass is 9.51. The molecule has 1 saturated carbocycles. The molecule has 6 atom stereocenters. The van der Waals surface area contributed by atoms with Crippen LogP contribution in [0.25, 0.3) is 0 Å². The first-order valence-electron chi connectivity index (χ1n) is 7.74. The molecule has 2 heterocycles. The van der Waals surface area contributed by atoms with E-state index >= 15 is 0 Å². The van der Waals surface area contributed by atoms with Crippen LogP contribution in [0.4, 0.5) is 0 Å². The van der Waals surface area contributed by atoms with E-state index in [2.05, 4.69) is 0 Å². The van der Waals surface area contributed by atoms with Crippen LogP contribution in [0.5, 0.6) is 0 Å². The van der Waals surface area contributed by atoms with Crippen LogP contribution in [0.2, 0.25) is 0 Å². The molecule has 2 saturated heterocycles. The molecule has 8 heteroatoms. The van der Waals surface area contributed by atoms with Gasteiger partial charge in [-0.3, -0.25) is 4.79 Å². The lowest BCUT2D eigenvalue weighted by Crippen LogP contribution is -2.63. The molecule has 0 aromatic heterocycles. The number of allylic oxidation sites excluding steroid dienone is 1. The molecule has 2 aliphatic heterocycles. The van der Waals surface area contributed by atoms with Gasteiger partial charge in [0, 0.05) is 5.92 Å². The predicted molar refractivity (Wildman–Crippen MR) is 75.2 cm³/mol. The molecule has 24 heavy (non-hydrogen) atoms. The summed E-state index contributed by atoms with van der Waals surface area (Å²) in [4.78, 5) is 37.0. The number of fused-ring (bicyclic) bond motifs is 4. The fourth-order valence-corrected chi connectivity index (χ4v) is 5.10. The highest BCUT2D eigenvalue weighted by Crippen LogP contribution is 2.71. The van der Waals surface area contributed by atoms with E-state index in [9.17, 15) is 24.6 Å². The number of hydrogen-bond donors (Lipinski definition) is 2. The first-order chi connectivity index (χ1) is 11.1. The molecule has 3 fully saturated rings. The number of cyclic esters (lactones) is 1. The summed E-state index contributed by atoms with van der Waals surface area (Å²) in [6.45, 7) is 3.02. The first-order valence-corrected chi connectivity index (χ1v) is 7.74. The van der Waals surface area contributed by atoms with E-state index in [4.69, 9.17) is 14.2 Å². The van der Waals surface area contributed by atoms with E-state index in [1.807, 2.05) is 0 Å². The number of ether oxygens (including phenoxy) is 3. The lowest BCUT2D eigenvalue weighted by Gasteiger charge is -2.49. The summed E-state index contributed by atoms with van der Waals surface area (Å²) in [5.74, 6) is -5.46. The third-order valence-corrected chi connectivity index (χ3v) is 6.52. The molecule has 0 amide bonds. The Morgan fingerprint density at radius 2 is 2.04 bits per heavy atom. The molecule has 4 rings (SSSR count). The van der Waals surface area contributed by atoms with Crippen LogP contribution in [-0.4, -0.2) is 59.1 Å². The van der Waals surface area contributed by atoms with Gasteiger partial charge in [0.05, 0.1) is 17.9 Å². The highest BCUT2D eigenvalue weighted by Gasteiger charge is 2.84. The highest BCUT2D eigenvalue weighted by atomic mass is 16.7. The van der Waals surface area contributed by atoms with Crippen molar-refractivity contribution in [2.24, 2.45) is 16.7 Å². The Labute approximate surface area is 137 Å². The Balaban J connectivity index is 2.03. The quantitative estimate of drug-likeness (QED) is 0.589. The van der Waals surface area contributed by atoms with Crippen molar-refractivity contribution in [3.8, 4) is 0 Å². The summed E-state index contributed by atoms with van der Waals surface area (Å²) >= 11 is 0. The molecule has 1 spiro atoms. The van der Waals surface area contributed by atoms with Gasteiger partial charge in [-0.25, -0.2) is 9.59 Å². The van der Waals surface area contributed by atoms with Gasteiger partial charge in [-0.15, -0.1) is 0 Å². The van der Waals surface area contributed by atoms with Crippen molar-refractivity contribution in [2.75, 3.05) is 13.7 Å². The van der Waals surface area contributed by atoms with Crippen molar-refractivity contribution in [3.05, 3.63) is 11.6 Å². The zero-order chi connectivity index (χ0) is 17.7. The second-order valence-electron chi connectivity index (χ2n) is 7.27. The highest BCUT2D eigenvalue weighted by molar-refractivity contribution is 6.00.